The molecule has 53 heavy (non-hydrogen) atoms. The lowest BCUT2D eigenvalue weighted by atomic mass is 10.1. The van der Waals surface area contributed by atoms with Gasteiger partial charge in [-0.1, -0.05) is 54.1 Å². The number of nitrogens with zero attached hydrogens (tertiary/aromatic N) is 4. The molecule has 1 unspecified atom stereocenters. The maximum absolute atomic E-state index is 14.2. The Hall–Kier alpha value is -6.31. The van der Waals surface area contributed by atoms with E-state index in [0.717, 1.165) is 22.9 Å². The molecule has 5 aromatic rings. The van der Waals surface area contributed by atoms with Crippen molar-refractivity contribution < 1.29 is 42.8 Å². The first-order valence-corrected chi connectivity index (χ1v) is 16.1. The van der Waals surface area contributed by atoms with Crippen LogP contribution in [0.3, 0.4) is 0 Å². The minimum absolute atomic E-state index is 0.0592. The Kier molecular flexibility index (Phi) is 11.0. The summed E-state index contributed by atoms with van der Waals surface area (Å²) < 4.78 is 37.4. The molecule has 268 valence electrons. The number of aromatic nitrogens is 3. The second kappa shape index (κ2) is 15.9. The van der Waals surface area contributed by atoms with E-state index in [0.29, 0.717) is 15.2 Å². The predicted molar refractivity (Wildman–Crippen MR) is 182 cm³/mol. The number of aliphatic hydroxyl groups is 1. The summed E-state index contributed by atoms with van der Waals surface area (Å²) in [5.41, 5.74) is -2.02. The molecule has 1 aliphatic rings. The molecule has 14 nitrogen and oxygen atoms in total. The maximum atomic E-state index is 14.2. The van der Waals surface area contributed by atoms with Gasteiger partial charge in [-0.05, 0) is 48.0 Å². The maximum Gasteiger partial charge on any atom is 0.344 e. The van der Waals surface area contributed by atoms with E-state index in [9.17, 15) is 38.7 Å². The standard InChI is InChI=1S/C37H26ClFN4O10/c38-26-12-5-4-9-25(26)20-50-27-18-30(52-31(27)32(39)45)42-16-15-29(44)43(37(42)49)34(46)22-10-6-11-23(17-22)36(48)53-33-24(19-40)13-14-28(41-33)51-35(47)21-7-2-1-3-8-21/h1-17,27,30-32,45H,18,20H2/t27-,30+,31-,32?/m0/s1. The zero-order valence-corrected chi connectivity index (χ0v) is 28.0. The fraction of sp³-hybridized carbons (Fsp3) is 0.162. The minimum atomic E-state index is -2.49. The van der Waals surface area contributed by atoms with Crippen LogP contribution in [0, 0.1) is 11.3 Å². The molecule has 1 saturated heterocycles. The van der Waals surface area contributed by atoms with Crippen molar-refractivity contribution in [1.82, 2.24) is 14.1 Å². The van der Waals surface area contributed by atoms with E-state index in [1.54, 1.807) is 42.5 Å². The number of hydrogen-bond donors (Lipinski definition) is 1. The Bertz CT molecular complexity index is 2360. The van der Waals surface area contributed by atoms with Crippen LogP contribution >= 0.6 is 11.6 Å². The topological polar surface area (TPSA) is 189 Å². The van der Waals surface area contributed by atoms with Gasteiger partial charge in [0.25, 0.3) is 11.5 Å². The minimum Gasteiger partial charge on any atom is -0.404 e. The van der Waals surface area contributed by atoms with Gasteiger partial charge in [0.05, 0.1) is 23.8 Å². The predicted octanol–water partition coefficient (Wildman–Crippen LogP) is 4.22. The van der Waals surface area contributed by atoms with Crippen molar-refractivity contribution in [3.63, 3.8) is 0 Å². The molecule has 1 aliphatic heterocycles. The molecule has 0 amide bonds. The molecule has 1 fully saturated rings. The number of aliphatic hydroxyl groups excluding tert-OH is 1. The number of alkyl halides is 1. The first-order chi connectivity index (χ1) is 25.5. The molecule has 0 saturated carbocycles. The highest BCUT2D eigenvalue weighted by Gasteiger charge is 2.42. The Morgan fingerprint density at radius 3 is 2.38 bits per heavy atom. The second-order valence-corrected chi connectivity index (χ2v) is 11.8. The molecular weight excluding hydrogens is 715 g/mol. The number of halogens is 2. The Morgan fingerprint density at radius 2 is 1.64 bits per heavy atom. The van der Waals surface area contributed by atoms with Crippen molar-refractivity contribution in [1.29, 1.82) is 5.26 Å². The molecule has 0 aliphatic carbocycles. The van der Waals surface area contributed by atoms with Gasteiger partial charge in [-0.2, -0.15) is 14.8 Å². The Morgan fingerprint density at radius 1 is 0.943 bits per heavy atom. The fourth-order valence-corrected chi connectivity index (χ4v) is 5.57. The fourth-order valence-electron chi connectivity index (χ4n) is 5.38. The monoisotopic (exact) mass is 740 g/mol. The number of pyridine rings is 1. The molecule has 3 heterocycles. The normalized spacial score (nSPS) is 17.1. The summed E-state index contributed by atoms with van der Waals surface area (Å²) in [5, 5.41) is 19.7. The SMILES string of the molecule is N#Cc1ccc(OC(=O)c2ccccc2)nc1OC(=O)c1cccc(C(=O)n2c(=O)ccn([C@H]3C[C@H](OCc4ccccc4Cl)[C@@H](C(O)F)O3)c2=O)c1. The van der Waals surface area contributed by atoms with Gasteiger partial charge in [0, 0.05) is 35.3 Å². The van der Waals surface area contributed by atoms with Crippen molar-refractivity contribution in [3.8, 4) is 17.8 Å². The number of ether oxygens (including phenoxy) is 4. The summed E-state index contributed by atoms with van der Waals surface area (Å²) in [6.07, 6.45) is -5.38. The van der Waals surface area contributed by atoms with Gasteiger partial charge in [0.15, 0.2) is 0 Å². The van der Waals surface area contributed by atoms with Crippen molar-refractivity contribution >= 4 is 29.4 Å². The van der Waals surface area contributed by atoms with Crippen LogP contribution in [0.4, 0.5) is 4.39 Å². The molecule has 0 spiro atoms. The van der Waals surface area contributed by atoms with Crippen LogP contribution < -0.4 is 20.7 Å². The number of rotatable bonds is 10. The van der Waals surface area contributed by atoms with Gasteiger partial charge in [0.1, 0.15) is 24.0 Å². The van der Waals surface area contributed by atoms with E-state index < -0.39 is 59.8 Å². The van der Waals surface area contributed by atoms with Crippen molar-refractivity contribution in [2.24, 2.45) is 0 Å². The van der Waals surface area contributed by atoms with Crippen LogP contribution in [0.5, 0.6) is 11.8 Å². The van der Waals surface area contributed by atoms with Gasteiger partial charge in [-0.25, -0.2) is 18.8 Å². The molecule has 16 heteroatoms. The number of benzene rings is 3. The first-order valence-electron chi connectivity index (χ1n) is 15.8. The van der Waals surface area contributed by atoms with Crippen LogP contribution in [0.15, 0.2) is 113 Å². The average molecular weight is 741 g/mol. The molecule has 1 N–H and O–H groups in total. The number of esters is 2. The summed E-state index contributed by atoms with van der Waals surface area (Å²) in [5.74, 6) is -3.70. The van der Waals surface area contributed by atoms with Gasteiger partial charge < -0.3 is 24.1 Å². The summed E-state index contributed by atoms with van der Waals surface area (Å²) >= 11 is 6.18. The van der Waals surface area contributed by atoms with E-state index in [-0.39, 0.29) is 41.2 Å². The zero-order valence-electron chi connectivity index (χ0n) is 27.2. The van der Waals surface area contributed by atoms with Crippen LogP contribution in [0.25, 0.3) is 0 Å². The third kappa shape index (κ3) is 8.11. The third-order valence-corrected chi connectivity index (χ3v) is 8.39. The quantitative estimate of drug-likeness (QED) is 0.201. The lowest BCUT2D eigenvalue weighted by Gasteiger charge is -2.19. The first kappa shape index (κ1) is 36.5. The van der Waals surface area contributed by atoms with Gasteiger partial charge >= 0.3 is 17.6 Å². The molecule has 4 atom stereocenters. The van der Waals surface area contributed by atoms with Crippen molar-refractivity contribution in [3.05, 3.63) is 157 Å². The largest absolute Gasteiger partial charge is 0.404 e. The highest BCUT2D eigenvalue weighted by Crippen LogP contribution is 2.33. The smallest absolute Gasteiger partial charge is 0.344 e. The summed E-state index contributed by atoms with van der Waals surface area (Å²) in [7, 11) is 0. The summed E-state index contributed by atoms with van der Waals surface area (Å²) in [6.45, 7) is -0.0592. The van der Waals surface area contributed by atoms with E-state index in [4.69, 9.17) is 30.5 Å². The van der Waals surface area contributed by atoms with Crippen LogP contribution in [-0.4, -0.2) is 55.6 Å². The second-order valence-electron chi connectivity index (χ2n) is 11.4. The zero-order chi connectivity index (χ0) is 37.6. The molecule has 0 bridgehead atoms. The Balaban J connectivity index is 1.20. The number of carbonyl (C=O) groups excluding carboxylic acids is 3. The summed E-state index contributed by atoms with van der Waals surface area (Å²) in [6, 6.07) is 24.9. The lowest BCUT2D eigenvalue weighted by molar-refractivity contribution is -0.142. The van der Waals surface area contributed by atoms with E-state index in [1.165, 1.54) is 42.5 Å². The van der Waals surface area contributed by atoms with Gasteiger partial charge in [-0.3, -0.25) is 14.2 Å². The van der Waals surface area contributed by atoms with E-state index in [1.807, 2.05) is 6.07 Å². The van der Waals surface area contributed by atoms with E-state index >= 15 is 0 Å². The van der Waals surface area contributed by atoms with Crippen molar-refractivity contribution in [2.75, 3.05) is 0 Å². The molecule has 0 radical (unpaired) electrons. The molecule has 2 aromatic heterocycles. The average Bonchev–Trinajstić information content (AvgIpc) is 3.59. The molecular formula is C37H26ClFN4O10. The van der Waals surface area contributed by atoms with Crippen molar-refractivity contribution in [2.45, 2.75) is 37.8 Å². The van der Waals surface area contributed by atoms with Crippen LogP contribution in [0.2, 0.25) is 5.02 Å². The third-order valence-electron chi connectivity index (χ3n) is 8.02. The van der Waals surface area contributed by atoms with E-state index in [2.05, 4.69) is 4.98 Å². The van der Waals surface area contributed by atoms with Gasteiger partial charge in [-0.15, -0.1) is 0 Å². The van der Waals surface area contributed by atoms with Crippen LogP contribution in [0.1, 0.15) is 54.8 Å². The lowest BCUT2D eigenvalue weighted by Crippen LogP contribution is -2.44. The number of hydrogen-bond acceptors (Lipinski definition) is 12. The highest BCUT2D eigenvalue weighted by atomic mass is 35.5. The number of carbonyl (C=O) groups is 3. The Labute approximate surface area is 303 Å². The highest BCUT2D eigenvalue weighted by molar-refractivity contribution is 6.31. The summed E-state index contributed by atoms with van der Waals surface area (Å²) in [4.78, 5) is 69.7. The number of nitriles is 1. The van der Waals surface area contributed by atoms with Crippen LogP contribution in [-0.2, 0) is 16.1 Å². The van der Waals surface area contributed by atoms with Gasteiger partial charge in [0.2, 0.25) is 18.1 Å². The molecule has 6 rings (SSSR count). The molecule has 3 aromatic carbocycles.